The van der Waals surface area contributed by atoms with Gasteiger partial charge < -0.3 is 19.2 Å². The Kier molecular flexibility index (Phi) is 4.60. The van der Waals surface area contributed by atoms with Crippen molar-refractivity contribution in [2.45, 2.75) is 45.3 Å². The number of carbonyl (C=O) groups excluding carboxylic acids is 1. The Hall–Kier alpha value is -1.82. The molecule has 0 spiro atoms. The Morgan fingerprint density at radius 3 is 2.41 bits per heavy atom. The third-order valence-electron chi connectivity index (χ3n) is 5.16. The van der Waals surface area contributed by atoms with Crippen LogP contribution in [-0.4, -0.2) is 48.2 Å². The van der Waals surface area contributed by atoms with E-state index in [1.54, 1.807) is 19.1 Å². The summed E-state index contributed by atoms with van der Waals surface area (Å²) in [7, 11) is 3.44. The number of carbonyl (C=O) groups is 2. The molecule has 22 heavy (non-hydrogen) atoms. The van der Waals surface area contributed by atoms with Gasteiger partial charge in [-0.2, -0.15) is 0 Å². The van der Waals surface area contributed by atoms with Crippen molar-refractivity contribution in [1.29, 1.82) is 0 Å². The summed E-state index contributed by atoms with van der Waals surface area (Å²) < 4.78 is 10.7. The number of rotatable bonds is 6. The van der Waals surface area contributed by atoms with Crippen LogP contribution in [0.5, 0.6) is 0 Å². The van der Waals surface area contributed by atoms with Gasteiger partial charge in [-0.1, -0.05) is 13.8 Å². The zero-order valence-corrected chi connectivity index (χ0v) is 13.5. The average Bonchev–Trinajstić information content (AvgIpc) is 2.97. The molecule has 1 fully saturated rings. The maximum Gasteiger partial charge on any atom is 0.371 e. The first-order valence-corrected chi connectivity index (χ1v) is 7.54. The molecule has 0 radical (unpaired) electrons. The predicted molar refractivity (Wildman–Crippen MR) is 80.0 cm³/mol. The fraction of sp³-hybridized carbons (Fsp3) is 0.625. The molecule has 1 aliphatic rings. The zero-order valence-electron chi connectivity index (χ0n) is 13.5. The molecule has 0 aliphatic heterocycles. The summed E-state index contributed by atoms with van der Waals surface area (Å²) in [6.07, 6.45) is 2.77. The fourth-order valence-corrected chi connectivity index (χ4v) is 3.66. The van der Waals surface area contributed by atoms with Crippen LogP contribution in [0.4, 0.5) is 0 Å². The van der Waals surface area contributed by atoms with Crippen molar-refractivity contribution in [3.8, 4) is 0 Å². The van der Waals surface area contributed by atoms with Crippen LogP contribution in [0.25, 0.3) is 0 Å². The largest absolute Gasteiger partial charge is 0.475 e. The van der Waals surface area contributed by atoms with Gasteiger partial charge in [-0.3, -0.25) is 4.79 Å². The standard InChI is InChI=1S/C16H23NO5/c1-5-16(6-2)12(9-13(16)21-4)17(3)14(18)10-7-8-11(22-10)15(19)20/h7-8,12-13H,5-6,9H2,1-4H3,(H,19,20)/t12-,13+/m0/s1. The lowest BCUT2D eigenvalue weighted by molar-refractivity contribution is -0.147. The molecule has 0 bridgehead atoms. The number of carboxylic acids is 1. The van der Waals surface area contributed by atoms with E-state index >= 15 is 0 Å². The summed E-state index contributed by atoms with van der Waals surface area (Å²) in [4.78, 5) is 25.0. The number of methoxy groups -OCH3 is 1. The van der Waals surface area contributed by atoms with Gasteiger partial charge >= 0.3 is 5.97 Å². The highest BCUT2D eigenvalue weighted by Crippen LogP contribution is 2.51. The van der Waals surface area contributed by atoms with Crippen molar-refractivity contribution in [2.75, 3.05) is 14.2 Å². The summed E-state index contributed by atoms with van der Waals surface area (Å²) >= 11 is 0. The number of carboxylic acid groups (broad SMARTS) is 1. The van der Waals surface area contributed by atoms with E-state index in [-0.39, 0.29) is 35.0 Å². The van der Waals surface area contributed by atoms with Gasteiger partial charge in [0.05, 0.1) is 6.10 Å². The molecule has 1 N–H and O–H groups in total. The molecule has 2 rings (SSSR count). The number of hydrogen-bond donors (Lipinski definition) is 1. The molecule has 1 amide bonds. The van der Waals surface area contributed by atoms with Gasteiger partial charge in [0, 0.05) is 25.6 Å². The van der Waals surface area contributed by atoms with Crippen LogP contribution in [0.1, 0.15) is 54.2 Å². The molecule has 1 heterocycles. The van der Waals surface area contributed by atoms with E-state index < -0.39 is 5.97 Å². The molecule has 0 unspecified atom stereocenters. The first-order valence-electron chi connectivity index (χ1n) is 7.54. The summed E-state index contributed by atoms with van der Waals surface area (Å²) in [5.74, 6) is -1.64. The third kappa shape index (κ3) is 2.41. The van der Waals surface area contributed by atoms with Gasteiger partial charge in [0.1, 0.15) is 0 Å². The summed E-state index contributed by atoms with van der Waals surface area (Å²) in [6, 6.07) is 2.78. The van der Waals surface area contributed by atoms with Gasteiger partial charge in [0.25, 0.3) is 5.91 Å². The van der Waals surface area contributed by atoms with E-state index in [0.717, 1.165) is 19.3 Å². The van der Waals surface area contributed by atoms with E-state index in [2.05, 4.69) is 13.8 Å². The second-order valence-corrected chi connectivity index (χ2v) is 5.80. The molecule has 1 saturated carbocycles. The van der Waals surface area contributed by atoms with E-state index in [4.69, 9.17) is 14.3 Å². The second kappa shape index (κ2) is 6.12. The van der Waals surface area contributed by atoms with Crippen LogP contribution in [0.15, 0.2) is 16.5 Å². The van der Waals surface area contributed by atoms with Crippen LogP contribution in [0.2, 0.25) is 0 Å². The van der Waals surface area contributed by atoms with Crippen molar-refractivity contribution < 1.29 is 23.8 Å². The quantitative estimate of drug-likeness (QED) is 0.873. The number of ether oxygens (including phenoxy) is 1. The van der Waals surface area contributed by atoms with E-state index in [1.165, 1.54) is 12.1 Å². The van der Waals surface area contributed by atoms with Gasteiger partial charge in [0.15, 0.2) is 5.76 Å². The number of nitrogens with zero attached hydrogens (tertiary/aromatic N) is 1. The van der Waals surface area contributed by atoms with Crippen molar-refractivity contribution in [3.05, 3.63) is 23.7 Å². The van der Waals surface area contributed by atoms with E-state index in [0.29, 0.717) is 0 Å². The molecule has 2 atom stereocenters. The first-order chi connectivity index (χ1) is 10.4. The first kappa shape index (κ1) is 16.5. The highest BCUT2D eigenvalue weighted by Gasteiger charge is 2.55. The SMILES string of the molecule is CCC1(CC)[C@@H](N(C)C(=O)c2ccc(C(=O)O)o2)C[C@H]1OC. The Bertz CT molecular complexity index is 561. The average molecular weight is 309 g/mol. The predicted octanol–water partition coefficient (Wildman–Crippen LogP) is 2.64. The molecule has 122 valence electrons. The van der Waals surface area contributed by atoms with Crippen molar-refractivity contribution in [1.82, 2.24) is 4.90 Å². The Morgan fingerprint density at radius 2 is 1.95 bits per heavy atom. The Labute approximate surface area is 130 Å². The molecular formula is C16H23NO5. The minimum atomic E-state index is -1.18. The van der Waals surface area contributed by atoms with Gasteiger partial charge in [0.2, 0.25) is 5.76 Å². The Balaban J connectivity index is 2.18. The van der Waals surface area contributed by atoms with Crippen molar-refractivity contribution in [3.63, 3.8) is 0 Å². The van der Waals surface area contributed by atoms with Crippen LogP contribution < -0.4 is 0 Å². The number of furan rings is 1. The molecular weight excluding hydrogens is 286 g/mol. The molecule has 6 heteroatoms. The minimum Gasteiger partial charge on any atom is -0.475 e. The number of hydrogen-bond acceptors (Lipinski definition) is 4. The summed E-state index contributed by atoms with van der Waals surface area (Å²) in [5.41, 5.74) is -0.0542. The lowest BCUT2D eigenvalue weighted by atomic mass is 9.58. The van der Waals surface area contributed by atoms with E-state index in [1.807, 2.05) is 0 Å². The van der Waals surface area contributed by atoms with Gasteiger partial charge in [-0.25, -0.2) is 4.79 Å². The topological polar surface area (TPSA) is 80.0 Å². The van der Waals surface area contributed by atoms with Crippen LogP contribution in [-0.2, 0) is 4.74 Å². The molecule has 0 aromatic carbocycles. The molecule has 1 aromatic heterocycles. The maximum atomic E-state index is 12.5. The normalized spacial score (nSPS) is 22.9. The minimum absolute atomic E-state index is 0.0542. The smallest absolute Gasteiger partial charge is 0.371 e. The molecule has 1 aromatic rings. The fourth-order valence-electron chi connectivity index (χ4n) is 3.66. The van der Waals surface area contributed by atoms with Gasteiger partial charge in [-0.15, -0.1) is 0 Å². The summed E-state index contributed by atoms with van der Waals surface area (Å²) in [6.45, 7) is 4.21. The highest BCUT2D eigenvalue weighted by atomic mass is 16.5. The summed E-state index contributed by atoms with van der Waals surface area (Å²) in [5, 5.41) is 8.88. The molecule has 1 aliphatic carbocycles. The van der Waals surface area contributed by atoms with Gasteiger partial charge in [-0.05, 0) is 31.4 Å². The number of amides is 1. The van der Waals surface area contributed by atoms with Crippen LogP contribution in [0.3, 0.4) is 0 Å². The second-order valence-electron chi connectivity index (χ2n) is 5.80. The maximum absolute atomic E-state index is 12.5. The Morgan fingerprint density at radius 1 is 1.36 bits per heavy atom. The van der Waals surface area contributed by atoms with Crippen molar-refractivity contribution >= 4 is 11.9 Å². The van der Waals surface area contributed by atoms with Crippen LogP contribution in [0, 0.1) is 5.41 Å². The molecule has 6 nitrogen and oxygen atoms in total. The lowest BCUT2D eigenvalue weighted by Gasteiger charge is -2.57. The zero-order chi connectivity index (χ0) is 16.5. The third-order valence-corrected chi connectivity index (χ3v) is 5.16. The monoisotopic (exact) mass is 309 g/mol. The molecule has 0 saturated heterocycles. The highest BCUT2D eigenvalue weighted by molar-refractivity contribution is 5.93. The van der Waals surface area contributed by atoms with E-state index in [9.17, 15) is 9.59 Å². The van der Waals surface area contributed by atoms with Crippen molar-refractivity contribution in [2.24, 2.45) is 5.41 Å². The number of aromatic carboxylic acids is 1. The lowest BCUT2D eigenvalue weighted by Crippen LogP contribution is -2.64. The van der Waals surface area contributed by atoms with Crippen LogP contribution >= 0.6 is 0 Å².